The second kappa shape index (κ2) is 7.67. The number of nitrogens with zero attached hydrogens (tertiary/aromatic N) is 3. The van der Waals surface area contributed by atoms with E-state index in [1.54, 1.807) is 0 Å². The van der Waals surface area contributed by atoms with E-state index in [1.165, 1.54) is 6.42 Å². The van der Waals surface area contributed by atoms with Gasteiger partial charge in [0.15, 0.2) is 5.82 Å². The van der Waals surface area contributed by atoms with Crippen LogP contribution in [-0.4, -0.2) is 20.0 Å². The molecule has 1 aliphatic carbocycles. The average Bonchev–Trinajstić information content (AvgIpc) is 3.20. The first kappa shape index (κ1) is 18.4. The molecule has 0 bridgehead atoms. The SMILES string of the molecule is Nc1n[nH]c(=O)c2c1c(-c1ccc(Oc3ccccc3)cc1)nn2C1CCCCC1. The number of nitrogens with one attached hydrogen (secondary N) is 1. The number of aromatic nitrogens is 4. The van der Waals surface area contributed by atoms with Crippen LogP contribution in [0.4, 0.5) is 5.82 Å². The molecular weight excluding hydrogens is 378 g/mol. The van der Waals surface area contributed by atoms with Gasteiger partial charge in [-0.25, -0.2) is 5.10 Å². The predicted octanol–water partition coefficient (Wildman–Crippen LogP) is 4.67. The number of ether oxygens (including phenoxy) is 1. The first-order valence-electron chi connectivity index (χ1n) is 10.3. The zero-order valence-electron chi connectivity index (χ0n) is 16.5. The van der Waals surface area contributed by atoms with E-state index in [1.807, 2.05) is 59.3 Å². The van der Waals surface area contributed by atoms with Crippen LogP contribution < -0.4 is 16.0 Å². The Bertz CT molecular complexity index is 1220. The highest BCUT2D eigenvalue weighted by Crippen LogP contribution is 2.36. The lowest BCUT2D eigenvalue weighted by Crippen LogP contribution is -2.19. The highest BCUT2D eigenvalue weighted by Gasteiger charge is 2.24. The summed E-state index contributed by atoms with van der Waals surface area (Å²) >= 11 is 0. The number of hydrogen-bond acceptors (Lipinski definition) is 5. The third-order valence-electron chi connectivity index (χ3n) is 5.69. The first-order chi connectivity index (χ1) is 14.7. The summed E-state index contributed by atoms with van der Waals surface area (Å²) in [6.07, 6.45) is 5.55. The number of benzene rings is 2. The molecule has 0 spiro atoms. The first-order valence-corrected chi connectivity index (χ1v) is 10.3. The topological polar surface area (TPSA) is 98.8 Å². The molecule has 3 N–H and O–H groups in total. The van der Waals surface area contributed by atoms with Crippen molar-refractivity contribution in [2.45, 2.75) is 38.1 Å². The molecule has 7 nitrogen and oxygen atoms in total. The normalized spacial score (nSPS) is 14.8. The minimum absolute atomic E-state index is 0.207. The van der Waals surface area contributed by atoms with Crippen molar-refractivity contribution in [1.82, 2.24) is 20.0 Å². The molecule has 1 aliphatic rings. The number of rotatable bonds is 4. The highest BCUT2D eigenvalue weighted by atomic mass is 16.5. The van der Waals surface area contributed by atoms with Gasteiger partial charge in [0.25, 0.3) is 5.56 Å². The van der Waals surface area contributed by atoms with Crippen LogP contribution in [0.1, 0.15) is 38.1 Å². The Hall–Kier alpha value is -3.61. The number of hydrogen-bond donors (Lipinski definition) is 2. The molecule has 1 saturated carbocycles. The Kier molecular flexibility index (Phi) is 4.71. The molecule has 0 radical (unpaired) electrons. The largest absolute Gasteiger partial charge is 0.457 e. The van der Waals surface area contributed by atoms with Gasteiger partial charge in [-0.15, -0.1) is 0 Å². The van der Waals surface area contributed by atoms with Crippen LogP contribution in [0.5, 0.6) is 11.5 Å². The third kappa shape index (κ3) is 3.32. The van der Waals surface area contributed by atoms with Gasteiger partial charge in [0.2, 0.25) is 0 Å². The Morgan fingerprint density at radius 3 is 2.40 bits per heavy atom. The maximum Gasteiger partial charge on any atom is 0.290 e. The molecule has 2 heterocycles. The number of nitrogen functional groups attached to an aromatic ring is 1. The third-order valence-corrected chi connectivity index (χ3v) is 5.69. The van der Waals surface area contributed by atoms with Crippen LogP contribution in [0.2, 0.25) is 0 Å². The Balaban J connectivity index is 1.57. The van der Waals surface area contributed by atoms with E-state index < -0.39 is 0 Å². The molecule has 0 unspecified atom stereocenters. The van der Waals surface area contributed by atoms with Crippen molar-refractivity contribution in [3.05, 3.63) is 65.0 Å². The lowest BCUT2D eigenvalue weighted by atomic mass is 9.95. The highest BCUT2D eigenvalue weighted by molar-refractivity contribution is 5.99. The van der Waals surface area contributed by atoms with E-state index in [2.05, 4.69) is 10.2 Å². The smallest absolute Gasteiger partial charge is 0.290 e. The summed E-state index contributed by atoms with van der Waals surface area (Å²) in [4.78, 5) is 12.6. The van der Waals surface area contributed by atoms with Gasteiger partial charge in [-0.2, -0.15) is 10.2 Å². The van der Waals surface area contributed by atoms with Gasteiger partial charge < -0.3 is 10.5 Å². The molecular formula is C23H23N5O2. The van der Waals surface area contributed by atoms with Gasteiger partial charge >= 0.3 is 0 Å². The maximum absolute atomic E-state index is 12.6. The van der Waals surface area contributed by atoms with Crippen LogP contribution in [0.25, 0.3) is 22.2 Å². The summed E-state index contributed by atoms with van der Waals surface area (Å²) in [5.41, 5.74) is 7.98. The number of fused-ring (bicyclic) bond motifs is 1. The molecule has 0 amide bonds. The van der Waals surface area contributed by atoms with Gasteiger partial charge in [-0.1, -0.05) is 37.5 Å². The monoisotopic (exact) mass is 401 g/mol. The van der Waals surface area contributed by atoms with Gasteiger partial charge in [0.1, 0.15) is 22.7 Å². The number of anilines is 1. The fourth-order valence-corrected chi connectivity index (χ4v) is 4.21. The van der Waals surface area contributed by atoms with Crippen molar-refractivity contribution in [3.63, 3.8) is 0 Å². The minimum atomic E-state index is -0.257. The Morgan fingerprint density at radius 2 is 1.67 bits per heavy atom. The molecule has 152 valence electrons. The van der Waals surface area contributed by atoms with Crippen molar-refractivity contribution in [2.24, 2.45) is 0 Å². The van der Waals surface area contributed by atoms with Crippen LogP contribution in [0.3, 0.4) is 0 Å². The molecule has 30 heavy (non-hydrogen) atoms. The summed E-state index contributed by atoms with van der Waals surface area (Å²) in [7, 11) is 0. The average molecular weight is 401 g/mol. The van der Waals surface area contributed by atoms with Gasteiger partial charge in [0, 0.05) is 5.56 Å². The fourth-order valence-electron chi connectivity index (χ4n) is 4.21. The number of para-hydroxylation sites is 1. The van der Waals surface area contributed by atoms with Crippen molar-refractivity contribution >= 4 is 16.7 Å². The minimum Gasteiger partial charge on any atom is -0.457 e. The van der Waals surface area contributed by atoms with E-state index in [-0.39, 0.29) is 17.4 Å². The van der Waals surface area contributed by atoms with Crippen LogP contribution in [-0.2, 0) is 0 Å². The van der Waals surface area contributed by atoms with Crippen LogP contribution in [0.15, 0.2) is 59.4 Å². The second-order valence-electron chi connectivity index (χ2n) is 7.69. The van der Waals surface area contributed by atoms with Gasteiger partial charge in [0.05, 0.1) is 11.4 Å². The van der Waals surface area contributed by atoms with E-state index >= 15 is 0 Å². The molecule has 0 saturated heterocycles. The predicted molar refractivity (Wildman–Crippen MR) is 117 cm³/mol. The lowest BCUT2D eigenvalue weighted by Gasteiger charge is -2.22. The maximum atomic E-state index is 12.6. The van der Waals surface area contributed by atoms with E-state index in [0.29, 0.717) is 16.6 Å². The lowest BCUT2D eigenvalue weighted by molar-refractivity contribution is 0.337. The number of H-pyrrole nitrogens is 1. The molecule has 0 atom stereocenters. The van der Waals surface area contributed by atoms with E-state index in [9.17, 15) is 4.79 Å². The molecule has 4 aromatic rings. The molecule has 2 aromatic carbocycles. The zero-order valence-corrected chi connectivity index (χ0v) is 16.5. The number of nitrogens with two attached hydrogens (primary N) is 1. The van der Waals surface area contributed by atoms with Crippen molar-refractivity contribution in [2.75, 3.05) is 5.73 Å². The summed E-state index contributed by atoms with van der Waals surface area (Å²) in [6.45, 7) is 0. The zero-order chi connectivity index (χ0) is 20.5. The van der Waals surface area contributed by atoms with E-state index in [0.717, 1.165) is 42.7 Å². The molecule has 2 aromatic heterocycles. The van der Waals surface area contributed by atoms with Crippen molar-refractivity contribution in [1.29, 1.82) is 0 Å². The van der Waals surface area contributed by atoms with Crippen molar-refractivity contribution < 1.29 is 4.74 Å². The van der Waals surface area contributed by atoms with Crippen LogP contribution >= 0.6 is 0 Å². The molecule has 5 rings (SSSR count). The molecule has 0 aliphatic heterocycles. The Morgan fingerprint density at radius 1 is 0.967 bits per heavy atom. The summed E-state index contributed by atoms with van der Waals surface area (Å²) in [5, 5.41) is 12.0. The standard InChI is InChI=1S/C23H23N5O2/c24-22-19-20(15-11-13-18(14-12-15)30-17-9-5-2-6-10-17)27-28(16-7-3-1-4-8-16)21(19)23(29)26-25-22/h2,5-6,9-14,16H,1,3-4,7-8H2,(H2,24,25)(H,26,29). The van der Waals surface area contributed by atoms with Gasteiger partial charge in [-0.3, -0.25) is 9.48 Å². The van der Waals surface area contributed by atoms with E-state index in [4.69, 9.17) is 15.6 Å². The summed E-state index contributed by atoms with van der Waals surface area (Å²) < 4.78 is 7.75. The molecule has 1 fully saturated rings. The fraction of sp³-hybridized carbons (Fsp3) is 0.261. The summed E-state index contributed by atoms with van der Waals surface area (Å²) in [6, 6.07) is 17.5. The van der Waals surface area contributed by atoms with Crippen molar-refractivity contribution in [3.8, 4) is 22.8 Å². The quantitative estimate of drug-likeness (QED) is 0.518. The summed E-state index contributed by atoms with van der Waals surface area (Å²) in [5.74, 6) is 1.79. The second-order valence-corrected chi connectivity index (χ2v) is 7.69. The van der Waals surface area contributed by atoms with Crippen LogP contribution in [0, 0.1) is 0 Å². The van der Waals surface area contributed by atoms with Gasteiger partial charge in [-0.05, 0) is 49.2 Å². The Labute approximate surface area is 173 Å². The molecule has 7 heteroatoms. The number of aromatic amines is 1.